The van der Waals surface area contributed by atoms with Gasteiger partial charge in [-0.15, -0.1) is 10.2 Å². The molecule has 1 aromatic heterocycles. The minimum Gasteiger partial charge on any atom is -0.493 e. The van der Waals surface area contributed by atoms with Gasteiger partial charge in [-0.05, 0) is 37.2 Å². The Morgan fingerprint density at radius 2 is 2.00 bits per heavy atom. The minimum atomic E-state index is -0.313. The molecule has 140 valence electrons. The number of amides is 1. The number of carbonyl (C=O) groups excluding carboxylic acids is 1. The van der Waals surface area contributed by atoms with E-state index in [0.29, 0.717) is 23.1 Å². The molecule has 1 aromatic carbocycles. The lowest BCUT2D eigenvalue weighted by molar-refractivity contribution is 0.0973. The molecule has 0 unspecified atom stereocenters. The van der Waals surface area contributed by atoms with E-state index in [1.54, 1.807) is 18.2 Å². The van der Waals surface area contributed by atoms with Crippen LogP contribution in [-0.4, -0.2) is 27.8 Å². The molecule has 6 nitrogen and oxygen atoms in total. The SMILES string of the molecule is CCCCCCOc1ccccc1C(=O)NC(=S)Nc1nnc(CC)s1. The monoisotopic (exact) mass is 392 g/mol. The molecule has 0 saturated carbocycles. The van der Waals surface area contributed by atoms with E-state index in [1.807, 2.05) is 13.0 Å². The maximum absolute atomic E-state index is 12.5. The highest BCUT2D eigenvalue weighted by atomic mass is 32.1. The zero-order valence-corrected chi connectivity index (χ0v) is 16.7. The molecule has 0 fully saturated rings. The number of para-hydroxylation sites is 1. The van der Waals surface area contributed by atoms with Crippen LogP contribution in [0.4, 0.5) is 5.13 Å². The van der Waals surface area contributed by atoms with Crippen molar-refractivity contribution in [2.24, 2.45) is 0 Å². The Kier molecular flexibility index (Phi) is 8.43. The first-order chi connectivity index (χ1) is 12.6. The quantitative estimate of drug-likeness (QED) is 0.492. The second-order valence-electron chi connectivity index (χ2n) is 5.67. The first-order valence-electron chi connectivity index (χ1n) is 8.80. The smallest absolute Gasteiger partial charge is 0.261 e. The van der Waals surface area contributed by atoms with Crippen LogP contribution in [0.3, 0.4) is 0 Å². The summed E-state index contributed by atoms with van der Waals surface area (Å²) in [5.74, 6) is 0.250. The van der Waals surface area contributed by atoms with Crippen LogP contribution >= 0.6 is 23.6 Å². The molecule has 0 aliphatic rings. The fourth-order valence-electron chi connectivity index (χ4n) is 2.24. The highest BCUT2D eigenvalue weighted by Gasteiger charge is 2.14. The maximum atomic E-state index is 12.5. The number of carbonyl (C=O) groups is 1. The summed E-state index contributed by atoms with van der Waals surface area (Å²) < 4.78 is 5.78. The number of nitrogens with zero attached hydrogens (tertiary/aromatic N) is 2. The number of hydrogen-bond donors (Lipinski definition) is 2. The van der Waals surface area contributed by atoms with E-state index >= 15 is 0 Å². The van der Waals surface area contributed by atoms with Gasteiger partial charge in [-0.2, -0.15) is 0 Å². The summed E-state index contributed by atoms with van der Waals surface area (Å²) in [6, 6.07) is 7.17. The molecular formula is C18H24N4O2S2. The molecule has 2 rings (SSSR count). The Morgan fingerprint density at radius 1 is 1.19 bits per heavy atom. The Balaban J connectivity index is 1.90. The standard InChI is InChI=1S/C18H24N4O2S2/c1-3-5-6-9-12-24-14-11-8-7-10-13(14)16(23)19-17(25)20-18-22-21-15(4-2)26-18/h7-8,10-11H,3-6,9,12H2,1-2H3,(H2,19,20,22,23,25). The van der Waals surface area contributed by atoms with Gasteiger partial charge in [0.15, 0.2) is 5.11 Å². The summed E-state index contributed by atoms with van der Waals surface area (Å²) in [4.78, 5) is 12.5. The molecule has 1 amide bonds. The zero-order valence-electron chi connectivity index (χ0n) is 15.1. The number of nitrogens with one attached hydrogen (secondary N) is 2. The minimum absolute atomic E-state index is 0.187. The fourth-order valence-corrected chi connectivity index (χ4v) is 3.17. The summed E-state index contributed by atoms with van der Waals surface area (Å²) in [6.07, 6.45) is 5.27. The topological polar surface area (TPSA) is 76.1 Å². The molecule has 0 radical (unpaired) electrons. The first-order valence-corrected chi connectivity index (χ1v) is 10.0. The van der Waals surface area contributed by atoms with Crippen molar-refractivity contribution in [1.82, 2.24) is 15.5 Å². The average molecular weight is 393 g/mol. The zero-order chi connectivity index (χ0) is 18.8. The Morgan fingerprint density at radius 3 is 2.73 bits per heavy atom. The van der Waals surface area contributed by atoms with Crippen molar-refractivity contribution < 1.29 is 9.53 Å². The third kappa shape index (κ3) is 6.34. The highest BCUT2D eigenvalue weighted by molar-refractivity contribution is 7.80. The van der Waals surface area contributed by atoms with Crippen LogP contribution in [0, 0.1) is 0 Å². The lowest BCUT2D eigenvalue weighted by Crippen LogP contribution is -2.34. The van der Waals surface area contributed by atoms with Gasteiger partial charge in [0.2, 0.25) is 5.13 Å². The molecule has 2 N–H and O–H groups in total. The summed E-state index contributed by atoms with van der Waals surface area (Å²) >= 11 is 6.60. The van der Waals surface area contributed by atoms with Gasteiger partial charge in [0.25, 0.3) is 5.91 Å². The van der Waals surface area contributed by atoms with Crippen molar-refractivity contribution in [3.63, 3.8) is 0 Å². The van der Waals surface area contributed by atoms with Gasteiger partial charge in [-0.25, -0.2) is 0 Å². The Labute approximate surface area is 163 Å². The van der Waals surface area contributed by atoms with Crippen LogP contribution in [0.1, 0.15) is 54.9 Å². The van der Waals surface area contributed by atoms with Crippen LogP contribution < -0.4 is 15.4 Å². The number of benzene rings is 1. The van der Waals surface area contributed by atoms with E-state index in [2.05, 4.69) is 27.8 Å². The number of aryl methyl sites for hydroxylation is 1. The Bertz CT molecular complexity index is 733. The number of hydrogen-bond acceptors (Lipinski definition) is 6. The van der Waals surface area contributed by atoms with Gasteiger partial charge in [-0.1, -0.05) is 56.6 Å². The molecule has 2 aromatic rings. The van der Waals surface area contributed by atoms with Crippen LogP contribution in [0.25, 0.3) is 0 Å². The molecular weight excluding hydrogens is 368 g/mol. The van der Waals surface area contributed by atoms with Gasteiger partial charge in [0, 0.05) is 0 Å². The molecule has 8 heteroatoms. The fraction of sp³-hybridized carbons (Fsp3) is 0.444. The van der Waals surface area contributed by atoms with Crippen LogP contribution in [0.5, 0.6) is 5.75 Å². The van der Waals surface area contributed by atoms with Gasteiger partial charge >= 0.3 is 0 Å². The molecule has 0 spiro atoms. The molecule has 0 bridgehead atoms. The first kappa shape index (κ1) is 20.3. The van der Waals surface area contributed by atoms with E-state index < -0.39 is 0 Å². The number of aromatic nitrogens is 2. The second kappa shape index (κ2) is 10.8. The highest BCUT2D eigenvalue weighted by Crippen LogP contribution is 2.19. The molecule has 1 heterocycles. The van der Waals surface area contributed by atoms with E-state index in [1.165, 1.54) is 24.2 Å². The lowest BCUT2D eigenvalue weighted by Gasteiger charge is -2.12. The number of ether oxygens (including phenoxy) is 1. The maximum Gasteiger partial charge on any atom is 0.261 e. The number of thiocarbonyl (C=S) groups is 1. The third-order valence-electron chi connectivity index (χ3n) is 3.60. The molecule has 0 aliphatic heterocycles. The van der Waals surface area contributed by atoms with Gasteiger partial charge in [0.05, 0.1) is 12.2 Å². The van der Waals surface area contributed by atoms with E-state index in [9.17, 15) is 4.79 Å². The summed E-state index contributed by atoms with van der Waals surface area (Å²) in [7, 11) is 0. The summed E-state index contributed by atoms with van der Waals surface area (Å²) in [5.41, 5.74) is 0.457. The Hall–Kier alpha value is -2.06. The molecule has 26 heavy (non-hydrogen) atoms. The van der Waals surface area contributed by atoms with Gasteiger partial charge < -0.3 is 10.1 Å². The second-order valence-corrected chi connectivity index (χ2v) is 7.14. The van der Waals surface area contributed by atoms with E-state index in [-0.39, 0.29) is 11.0 Å². The molecule has 0 atom stereocenters. The third-order valence-corrected chi connectivity index (χ3v) is 4.79. The normalized spacial score (nSPS) is 10.4. The number of anilines is 1. The molecule has 0 saturated heterocycles. The van der Waals surface area contributed by atoms with Crippen molar-refractivity contribution in [1.29, 1.82) is 0 Å². The summed E-state index contributed by atoms with van der Waals surface area (Å²) in [6.45, 7) is 4.77. The van der Waals surface area contributed by atoms with Crippen molar-refractivity contribution in [2.45, 2.75) is 46.0 Å². The predicted molar refractivity (Wildman–Crippen MR) is 109 cm³/mol. The average Bonchev–Trinajstić information content (AvgIpc) is 3.09. The van der Waals surface area contributed by atoms with Crippen molar-refractivity contribution in [3.8, 4) is 5.75 Å². The largest absolute Gasteiger partial charge is 0.493 e. The van der Waals surface area contributed by atoms with E-state index in [0.717, 1.165) is 24.3 Å². The van der Waals surface area contributed by atoms with Crippen LogP contribution in [-0.2, 0) is 6.42 Å². The van der Waals surface area contributed by atoms with Gasteiger partial charge in [0.1, 0.15) is 10.8 Å². The van der Waals surface area contributed by atoms with Crippen LogP contribution in [0.2, 0.25) is 0 Å². The van der Waals surface area contributed by atoms with Crippen molar-refractivity contribution in [2.75, 3.05) is 11.9 Å². The predicted octanol–water partition coefficient (Wildman–Crippen LogP) is 4.19. The summed E-state index contributed by atoms with van der Waals surface area (Å²) in [5, 5.41) is 15.2. The van der Waals surface area contributed by atoms with Crippen molar-refractivity contribution >= 4 is 39.7 Å². The molecule has 0 aliphatic carbocycles. The lowest BCUT2D eigenvalue weighted by atomic mass is 10.2. The van der Waals surface area contributed by atoms with Gasteiger partial charge in [-0.3, -0.25) is 10.1 Å². The van der Waals surface area contributed by atoms with Crippen molar-refractivity contribution in [3.05, 3.63) is 34.8 Å². The van der Waals surface area contributed by atoms with Crippen LogP contribution in [0.15, 0.2) is 24.3 Å². The number of rotatable bonds is 9. The van der Waals surface area contributed by atoms with E-state index in [4.69, 9.17) is 17.0 Å². The number of unbranched alkanes of at least 4 members (excludes halogenated alkanes) is 3.